The Balaban J connectivity index is 1.43. The number of fused-ring (bicyclic) bond motifs is 2. The molecule has 2 bridgehead atoms. The van der Waals surface area contributed by atoms with Crippen molar-refractivity contribution in [3.8, 4) is 0 Å². The molecule has 2 saturated heterocycles. The van der Waals surface area contributed by atoms with Gasteiger partial charge in [-0.15, -0.1) is 0 Å². The van der Waals surface area contributed by atoms with Crippen LogP contribution in [0.4, 0.5) is 0 Å². The lowest BCUT2D eigenvalue weighted by atomic mass is 10.0. The first-order valence-corrected chi connectivity index (χ1v) is 6.67. The summed E-state index contributed by atoms with van der Waals surface area (Å²) >= 11 is 0. The van der Waals surface area contributed by atoms with Crippen molar-refractivity contribution in [1.29, 1.82) is 0 Å². The summed E-state index contributed by atoms with van der Waals surface area (Å²) in [7, 11) is 0. The Kier molecular flexibility index (Phi) is 3.39. The summed E-state index contributed by atoms with van der Waals surface area (Å²) in [6.45, 7) is 0.829. The molecule has 2 aliphatic heterocycles. The maximum absolute atomic E-state index is 6.00. The second kappa shape index (κ2) is 5.15. The third-order valence-corrected chi connectivity index (χ3v) is 3.90. The molecule has 1 aromatic rings. The van der Waals surface area contributed by atoms with Gasteiger partial charge >= 0.3 is 0 Å². The number of nitrogens with one attached hydrogen (secondary N) is 1. The first kappa shape index (κ1) is 11.2. The number of nitrogens with zero attached hydrogens (tertiary/aromatic N) is 1. The van der Waals surface area contributed by atoms with Crippen molar-refractivity contribution in [2.75, 3.05) is 6.61 Å². The summed E-state index contributed by atoms with van der Waals surface area (Å²) in [6.07, 6.45) is 10.3. The lowest BCUT2D eigenvalue weighted by Gasteiger charge is -2.29. The quantitative estimate of drug-likeness (QED) is 0.861. The fourth-order valence-corrected chi connectivity index (χ4v) is 3.03. The zero-order valence-electron chi connectivity index (χ0n) is 10.1. The minimum atomic E-state index is 0.477. The van der Waals surface area contributed by atoms with E-state index in [0.717, 1.165) is 25.1 Å². The molecule has 2 atom stereocenters. The molecule has 1 aromatic heterocycles. The second-order valence-electron chi connectivity index (χ2n) is 5.21. The molecule has 2 aliphatic rings. The number of aromatic nitrogens is 1. The normalized spacial score (nSPS) is 31.6. The van der Waals surface area contributed by atoms with Crippen molar-refractivity contribution in [3.05, 3.63) is 30.1 Å². The number of pyridine rings is 1. The van der Waals surface area contributed by atoms with Crippen molar-refractivity contribution < 1.29 is 4.74 Å². The number of hydrogen-bond donors (Lipinski definition) is 1. The lowest BCUT2D eigenvalue weighted by molar-refractivity contribution is 0.0220. The topological polar surface area (TPSA) is 34.1 Å². The molecule has 2 unspecified atom stereocenters. The van der Waals surface area contributed by atoms with Gasteiger partial charge < -0.3 is 10.1 Å². The molecule has 3 heterocycles. The highest BCUT2D eigenvalue weighted by Crippen LogP contribution is 2.28. The highest BCUT2D eigenvalue weighted by Gasteiger charge is 2.33. The van der Waals surface area contributed by atoms with Crippen LogP contribution in [-0.4, -0.2) is 29.8 Å². The van der Waals surface area contributed by atoms with E-state index in [1.54, 1.807) is 0 Å². The Morgan fingerprint density at radius 2 is 2.12 bits per heavy atom. The number of rotatable bonds is 4. The molecule has 0 spiro atoms. The van der Waals surface area contributed by atoms with Gasteiger partial charge in [0.15, 0.2) is 0 Å². The van der Waals surface area contributed by atoms with Crippen LogP contribution in [0.1, 0.15) is 31.2 Å². The minimum absolute atomic E-state index is 0.477. The van der Waals surface area contributed by atoms with Crippen LogP contribution in [0.2, 0.25) is 0 Å². The van der Waals surface area contributed by atoms with E-state index in [4.69, 9.17) is 4.74 Å². The van der Waals surface area contributed by atoms with Crippen LogP contribution in [-0.2, 0) is 11.2 Å². The van der Waals surface area contributed by atoms with Gasteiger partial charge in [-0.1, -0.05) is 6.07 Å². The van der Waals surface area contributed by atoms with Crippen molar-refractivity contribution in [3.63, 3.8) is 0 Å². The maximum Gasteiger partial charge on any atom is 0.0604 e. The van der Waals surface area contributed by atoms with Crippen LogP contribution in [0.3, 0.4) is 0 Å². The molecule has 0 aromatic carbocycles. The molecule has 0 aliphatic carbocycles. The summed E-state index contributed by atoms with van der Waals surface area (Å²) in [4.78, 5) is 4.12. The maximum atomic E-state index is 6.00. The first-order valence-electron chi connectivity index (χ1n) is 6.67. The van der Waals surface area contributed by atoms with Gasteiger partial charge in [0.1, 0.15) is 0 Å². The molecule has 0 amide bonds. The van der Waals surface area contributed by atoms with Crippen LogP contribution >= 0.6 is 0 Å². The molecule has 0 radical (unpaired) electrons. The van der Waals surface area contributed by atoms with Crippen LogP contribution in [0.15, 0.2) is 24.5 Å². The summed E-state index contributed by atoms with van der Waals surface area (Å²) < 4.78 is 6.00. The van der Waals surface area contributed by atoms with Gasteiger partial charge in [0, 0.05) is 24.5 Å². The fraction of sp³-hybridized carbons (Fsp3) is 0.643. The van der Waals surface area contributed by atoms with Gasteiger partial charge in [-0.05, 0) is 43.7 Å². The van der Waals surface area contributed by atoms with Gasteiger partial charge in [-0.2, -0.15) is 0 Å². The highest BCUT2D eigenvalue weighted by atomic mass is 16.5. The van der Waals surface area contributed by atoms with Gasteiger partial charge in [-0.3, -0.25) is 4.98 Å². The van der Waals surface area contributed by atoms with Gasteiger partial charge in [0.25, 0.3) is 0 Å². The number of ether oxygens (including phenoxy) is 1. The monoisotopic (exact) mass is 232 g/mol. The van der Waals surface area contributed by atoms with E-state index in [9.17, 15) is 0 Å². The van der Waals surface area contributed by atoms with E-state index in [0.29, 0.717) is 6.10 Å². The predicted octanol–water partition coefficient (Wildman–Crippen LogP) is 1.92. The Labute approximate surface area is 103 Å². The first-order chi connectivity index (χ1) is 8.40. The number of hydrogen-bond acceptors (Lipinski definition) is 3. The van der Waals surface area contributed by atoms with E-state index in [-0.39, 0.29) is 0 Å². The molecule has 2 fully saturated rings. The predicted molar refractivity (Wildman–Crippen MR) is 66.9 cm³/mol. The number of piperidine rings is 1. The largest absolute Gasteiger partial charge is 0.378 e. The van der Waals surface area contributed by atoms with Crippen LogP contribution < -0.4 is 5.32 Å². The van der Waals surface area contributed by atoms with E-state index in [1.807, 2.05) is 18.5 Å². The second-order valence-corrected chi connectivity index (χ2v) is 5.21. The van der Waals surface area contributed by atoms with E-state index < -0.39 is 0 Å². The average molecular weight is 232 g/mol. The summed E-state index contributed by atoms with van der Waals surface area (Å²) in [5.41, 5.74) is 1.27. The van der Waals surface area contributed by atoms with Gasteiger partial charge in [0.05, 0.1) is 12.7 Å². The molecule has 3 nitrogen and oxygen atoms in total. The Morgan fingerprint density at radius 3 is 2.82 bits per heavy atom. The zero-order valence-corrected chi connectivity index (χ0v) is 10.1. The molecule has 92 valence electrons. The van der Waals surface area contributed by atoms with Crippen molar-refractivity contribution in [2.45, 2.75) is 50.3 Å². The molecule has 0 saturated carbocycles. The van der Waals surface area contributed by atoms with Crippen molar-refractivity contribution in [2.24, 2.45) is 0 Å². The third-order valence-electron chi connectivity index (χ3n) is 3.90. The Hall–Kier alpha value is -0.930. The standard InChI is InChI=1S/C14H20N2O/c1-2-11(10-15-6-1)5-7-17-14-8-12-3-4-13(9-14)16-12/h1-2,6,10,12-14,16H,3-5,7-9H2. The minimum Gasteiger partial charge on any atom is -0.378 e. The Morgan fingerprint density at radius 1 is 1.29 bits per heavy atom. The summed E-state index contributed by atoms with van der Waals surface area (Å²) in [6, 6.07) is 5.54. The van der Waals surface area contributed by atoms with Crippen LogP contribution in [0.5, 0.6) is 0 Å². The van der Waals surface area contributed by atoms with Gasteiger partial charge in [0.2, 0.25) is 0 Å². The van der Waals surface area contributed by atoms with E-state index in [1.165, 1.54) is 31.2 Å². The molecular weight excluding hydrogens is 212 g/mol. The molecule has 17 heavy (non-hydrogen) atoms. The smallest absolute Gasteiger partial charge is 0.0604 e. The molecule has 3 heteroatoms. The molecule has 1 N–H and O–H groups in total. The van der Waals surface area contributed by atoms with Gasteiger partial charge in [-0.25, -0.2) is 0 Å². The van der Waals surface area contributed by atoms with E-state index >= 15 is 0 Å². The Bertz CT molecular complexity index is 342. The fourth-order valence-electron chi connectivity index (χ4n) is 3.03. The van der Waals surface area contributed by atoms with E-state index in [2.05, 4.69) is 16.4 Å². The SMILES string of the molecule is c1cncc(CCOC2CC3CCC(C2)N3)c1. The van der Waals surface area contributed by atoms with Crippen LogP contribution in [0, 0.1) is 0 Å². The third kappa shape index (κ3) is 2.85. The highest BCUT2D eigenvalue weighted by molar-refractivity contribution is 5.08. The van der Waals surface area contributed by atoms with Crippen molar-refractivity contribution >= 4 is 0 Å². The lowest BCUT2D eigenvalue weighted by Crippen LogP contribution is -2.41. The molecule has 3 rings (SSSR count). The zero-order chi connectivity index (χ0) is 11.5. The molecular formula is C14H20N2O. The summed E-state index contributed by atoms with van der Waals surface area (Å²) in [5, 5.41) is 3.64. The van der Waals surface area contributed by atoms with Crippen molar-refractivity contribution in [1.82, 2.24) is 10.3 Å². The average Bonchev–Trinajstić information content (AvgIpc) is 2.70. The summed E-state index contributed by atoms with van der Waals surface area (Å²) in [5.74, 6) is 0. The van der Waals surface area contributed by atoms with Crippen LogP contribution in [0.25, 0.3) is 0 Å².